The van der Waals surface area contributed by atoms with E-state index in [1.54, 1.807) is 27.7 Å². The Morgan fingerprint density at radius 2 is 1.77 bits per heavy atom. The van der Waals surface area contributed by atoms with E-state index in [4.69, 9.17) is 4.74 Å². The molecule has 0 fully saturated rings. The molecule has 1 aromatic carbocycles. The van der Waals surface area contributed by atoms with Crippen LogP contribution in [-0.4, -0.2) is 25.9 Å². The molecule has 3 aromatic rings. The van der Waals surface area contributed by atoms with Gasteiger partial charge in [-0.15, -0.1) is 16.4 Å². The van der Waals surface area contributed by atoms with Crippen molar-refractivity contribution in [1.29, 1.82) is 5.26 Å². The Bertz CT molecular complexity index is 1160. The second kappa shape index (κ2) is 8.20. The van der Waals surface area contributed by atoms with Crippen LogP contribution in [0.2, 0.25) is 0 Å². The van der Waals surface area contributed by atoms with Crippen molar-refractivity contribution in [2.24, 2.45) is 5.41 Å². The van der Waals surface area contributed by atoms with Gasteiger partial charge in [-0.2, -0.15) is 15.2 Å². The Labute approximate surface area is 179 Å². The summed E-state index contributed by atoms with van der Waals surface area (Å²) in [6, 6.07) is 11.6. The number of aryl methyl sites for hydroxylation is 3. The summed E-state index contributed by atoms with van der Waals surface area (Å²) >= 11 is 1.37. The Morgan fingerprint density at radius 1 is 1.10 bits per heavy atom. The number of carbonyl (C=O) groups is 1. The van der Waals surface area contributed by atoms with E-state index in [2.05, 4.69) is 21.3 Å². The molecule has 3 rings (SSSR count). The van der Waals surface area contributed by atoms with Crippen molar-refractivity contribution in [2.75, 3.05) is 0 Å². The van der Waals surface area contributed by atoms with Gasteiger partial charge in [-0.1, -0.05) is 18.2 Å². The molecular formula is C22H23N5O2S. The molecule has 154 valence electrons. The number of benzene rings is 1. The third kappa shape index (κ3) is 4.31. The van der Waals surface area contributed by atoms with E-state index in [1.165, 1.54) is 16.1 Å². The highest BCUT2D eigenvalue weighted by Gasteiger charge is 2.30. The summed E-state index contributed by atoms with van der Waals surface area (Å²) in [5.74, 6) is -0.271. The zero-order valence-electron chi connectivity index (χ0n) is 17.8. The van der Waals surface area contributed by atoms with Crippen molar-refractivity contribution in [3.05, 3.63) is 57.3 Å². The molecule has 0 saturated heterocycles. The van der Waals surface area contributed by atoms with E-state index in [-0.39, 0.29) is 11.3 Å². The number of allylic oxidation sites excluding steroid dienone is 1. The normalized spacial score (nSPS) is 12.3. The molecule has 0 aliphatic heterocycles. The van der Waals surface area contributed by atoms with E-state index < -0.39 is 11.4 Å². The van der Waals surface area contributed by atoms with Gasteiger partial charge in [-0.05, 0) is 53.7 Å². The third-order valence-electron chi connectivity index (χ3n) is 4.26. The lowest BCUT2D eigenvalue weighted by Gasteiger charge is -2.18. The maximum atomic E-state index is 12.7. The smallest absolute Gasteiger partial charge is 0.316 e. The van der Waals surface area contributed by atoms with Crippen LogP contribution < -0.4 is 0 Å². The van der Waals surface area contributed by atoms with Crippen molar-refractivity contribution in [1.82, 2.24) is 20.0 Å². The summed E-state index contributed by atoms with van der Waals surface area (Å²) in [6.45, 7) is 10.8. The summed E-state index contributed by atoms with van der Waals surface area (Å²) in [6.07, 6.45) is 0. The van der Waals surface area contributed by atoms with Crippen LogP contribution in [0.4, 0.5) is 0 Å². The Kier molecular flexibility index (Phi) is 5.85. The maximum absolute atomic E-state index is 12.7. The number of ether oxygens (including phenoxy) is 1. The average Bonchev–Trinajstić information content (AvgIpc) is 3.23. The molecule has 30 heavy (non-hydrogen) atoms. The fraction of sp³-hybridized carbons (Fsp3) is 0.318. The van der Waals surface area contributed by atoms with Crippen LogP contribution in [0.5, 0.6) is 0 Å². The highest BCUT2D eigenvalue weighted by atomic mass is 32.1. The van der Waals surface area contributed by atoms with Crippen molar-refractivity contribution in [3.63, 3.8) is 0 Å². The van der Waals surface area contributed by atoms with Gasteiger partial charge in [0.25, 0.3) is 0 Å². The van der Waals surface area contributed by atoms with Crippen molar-refractivity contribution in [2.45, 2.75) is 41.5 Å². The van der Waals surface area contributed by atoms with Gasteiger partial charge in [0.2, 0.25) is 0 Å². The predicted molar refractivity (Wildman–Crippen MR) is 116 cm³/mol. The molecule has 0 aliphatic carbocycles. The number of aromatic nitrogens is 4. The topological polar surface area (TPSA) is 93.7 Å². The van der Waals surface area contributed by atoms with Gasteiger partial charge in [0.05, 0.1) is 32.4 Å². The lowest BCUT2D eigenvalue weighted by molar-refractivity contribution is -0.145. The summed E-state index contributed by atoms with van der Waals surface area (Å²) in [4.78, 5) is 19.2. The molecule has 2 aromatic heterocycles. The SMILES string of the molecule is Cc1nc(C)c(/C(OC(=O)C(C)(C)C)=C(/C#N)c2nn(-c3ccccc3)nc2C)s1. The third-order valence-corrected chi connectivity index (χ3v) is 5.33. The summed E-state index contributed by atoms with van der Waals surface area (Å²) < 4.78 is 5.78. The number of carbonyl (C=O) groups excluding carboxylic acids is 1. The minimum Gasteiger partial charge on any atom is -0.423 e. The van der Waals surface area contributed by atoms with Crippen molar-refractivity contribution >= 4 is 28.6 Å². The highest BCUT2D eigenvalue weighted by molar-refractivity contribution is 7.12. The van der Waals surface area contributed by atoms with Gasteiger partial charge in [-0.25, -0.2) is 4.98 Å². The number of para-hydroxylation sites is 1. The van der Waals surface area contributed by atoms with E-state index >= 15 is 0 Å². The summed E-state index contributed by atoms with van der Waals surface area (Å²) in [5.41, 5.74) is 1.79. The van der Waals surface area contributed by atoms with Crippen molar-refractivity contribution in [3.8, 4) is 11.8 Å². The minimum absolute atomic E-state index is 0.152. The molecule has 7 nitrogen and oxygen atoms in total. The van der Waals surface area contributed by atoms with Gasteiger partial charge in [-0.3, -0.25) is 4.79 Å². The molecular weight excluding hydrogens is 398 g/mol. The first kappa shape index (κ1) is 21.4. The Balaban J connectivity index is 2.21. The number of nitrogens with zero attached hydrogens (tertiary/aromatic N) is 5. The zero-order chi connectivity index (χ0) is 22.1. The first-order valence-corrected chi connectivity index (χ1v) is 10.2. The second-order valence-electron chi connectivity index (χ2n) is 7.86. The quantitative estimate of drug-likeness (QED) is 0.346. The molecule has 8 heteroatoms. The van der Waals surface area contributed by atoms with Crippen molar-refractivity contribution < 1.29 is 9.53 Å². The second-order valence-corrected chi connectivity index (χ2v) is 9.07. The Hall–Kier alpha value is -3.31. The lowest BCUT2D eigenvalue weighted by Crippen LogP contribution is -2.22. The fourth-order valence-electron chi connectivity index (χ4n) is 2.70. The number of nitriles is 1. The molecule has 0 amide bonds. The van der Waals surface area contributed by atoms with E-state index in [9.17, 15) is 10.1 Å². The van der Waals surface area contributed by atoms with Crippen LogP contribution in [-0.2, 0) is 9.53 Å². The van der Waals surface area contributed by atoms with Gasteiger partial charge < -0.3 is 4.74 Å². The minimum atomic E-state index is -0.740. The van der Waals surface area contributed by atoms with Gasteiger partial charge in [0.15, 0.2) is 5.76 Å². The van der Waals surface area contributed by atoms with E-state index in [1.807, 2.05) is 44.2 Å². The molecule has 0 N–H and O–H groups in total. The number of hydrogen-bond acceptors (Lipinski definition) is 7. The number of rotatable bonds is 4. The van der Waals surface area contributed by atoms with Gasteiger partial charge in [0.1, 0.15) is 17.3 Å². The molecule has 0 bridgehead atoms. The zero-order valence-corrected chi connectivity index (χ0v) is 18.7. The van der Waals surface area contributed by atoms with Crippen LogP contribution in [0.15, 0.2) is 30.3 Å². The van der Waals surface area contributed by atoms with Crippen LogP contribution in [0.1, 0.15) is 47.7 Å². The monoisotopic (exact) mass is 421 g/mol. The summed E-state index contributed by atoms with van der Waals surface area (Å²) in [7, 11) is 0. The molecule has 2 heterocycles. The molecule has 0 aliphatic rings. The van der Waals surface area contributed by atoms with Gasteiger partial charge in [0, 0.05) is 0 Å². The first-order valence-electron chi connectivity index (χ1n) is 9.42. The molecule has 0 radical (unpaired) electrons. The fourth-order valence-corrected chi connectivity index (χ4v) is 3.60. The van der Waals surface area contributed by atoms with Crippen LogP contribution in [0.25, 0.3) is 17.0 Å². The number of esters is 1. The molecule has 0 saturated carbocycles. The summed E-state index contributed by atoms with van der Waals surface area (Å²) in [5, 5.41) is 19.8. The highest BCUT2D eigenvalue weighted by Crippen LogP contribution is 2.35. The van der Waals surface area contributed by atoms with Crippen LogP contribution in [0, 0.1) is 37.5 Å². The lowest BCUT2D eigenvalue weighted by atomic mass is 9.97. The van der Waals surface area contributed by atoms with Crippen LogP contribution in [0.3, 0.4) is 0 Å². The predicted octanol–water partition coefficient (Wildman–Crippen LogP) is 4.63. The molecule has 0 unspecified atom stereocenters. The number of thiazole rings is 1. The molecule has 0 atom stereocenters. The average molecular weight is 422 g/mol. The maximum Gasteiger partial charge on any atom is 0.316 e. The Morgan fingerprint density at radius 3 is 2.30 bits per heavy atom. The van der Waals surface area contributed by atoms with E-state index in [0.717, 1.165) is 10.7 Å². The standard InChI is InChI=1S/C22H23N5O2S/c1-13-18(26-27(25-13)16-10-8-7-9-11-16)17(12-23)19(29-21(28)22(4,5)6)20-14(2)24-15(3)30-20/h7-11H,1-6H3/b19-17+. The van der Waals surface area contributed by atoms with Gasteiger partial charge >= 0.3 is 5.97 Å². The van der Waals surface area contributed by atoms with E-state index in [0.29, 0.717) is 22.0 Å². The first-order chi connectivity index (χ1) is 14.1. The number of hydrogen-bond donors (Lipinski definition) is 0. The van der Waals surface area contributed by atoms with Crippen LogP contribution >= 0.6 is 11.3 Å². The molecule has 0 spiro atoms. The largest absolute Gasteiger partial charge is 0.423 e.